The number of aromatic amines is 2. The SMILES string of the molecule is CCOC(=O)C(C(=O)OCC)C1CCCC1.O=c1[nH]c(O)c(C2CCCC2)c(=O)[nH]1. The van der Waals surface area contributed by atoms with Gasteiger partial charge in [0.05, 0.1) is 18.8 Å². The van der Waals surface area contributed by atoms with Crippen molar-refractivity contribution < 1.29 is 24.2 Å². The number of H-pyrrole nitrogens is 2. The van der Waals surface area contributed by atoms with Crippen molar-refractivity contribution in [3.63, 3.8) is 0 Å². The number of hydrogen-bond donors (Lipinski definition) is 3. The molecule has 0 saturated heterocycles. The normalized spacial score (nSPS) is 16.9. The number of aromatic hydroxyl groups is 1. The number of carbonyl (C=O) groups is 2. The molecule has 1 aromatic heterocycles. The van der Waals surface area contributed by atoms with E-state index in [0.717, 1.165) is 51.4 Å². The molecular weight excluding hydrogens is 392 g/mol. The number of carbonyl (C=O) groups excluding carboxylic acids is 2. The number of aromatic nitrogens is 2. The van der Waals surface area contributed by atoms with Gasteiger partial charge in [0.2, 0.25) is 5.88 Å². The number of hydrogen-bond acceptors (Lipinski definition) is 7. The van der Waals surface area contributed by atoms with Gasteiger partial charge in [-0.2, -0.15) is 0 Å². The molecule has 2 aliphatic carbocycles. The first-order valence-corrected chi connectivity index (χ1v) is 10.8. The summed E-state index contributed by atoms with van der Waals surface area (Å²) in [7, 11) is 0. The average molecular weight is 424 g/mol. The molecule has 0 bridgehead atoms. The van der Waals surface area contributed by atoms with Gasteiger partial charge in [0.25, 0.3) is 5.56 Å². The van der Waals surface area contributed by atoms with E-state index in [0.29, 0.717) is 18.8 Å². The van der Waals surface area contributed by atoms with Crippen molar-refractivity contribution in [3.05, 3.63) is 26.4 Å². The van der Waals surface area contributed by atoms with Crippen molar-refractivity contribution in [1.82, 2.24) is 9.97 Å². The first kappa shape index (κ1) is 23.7. The number of rotatable bonds is 6. The second kappa shape index (κ2) is 11.6. The molecule has 0 aromatic carbocycles. The Morgan fingerprint density at radius 2 is 1.43 bits per heavy atom. The largest absolute Gasteiger partial charge is 0.494 e. The van der Waals surface area contributed by atoms with E-state index in [-0.39, 0.29) is 17.7 Å². The van der Waals surface area contributed by atoms with Crippen molar-refractivity contribution in [2.24, 2.45) is 11.8 Å². The fourth-order valence-corrected chi connectivity index (χ4v) is 4.31. The van der Waals surface area contributed by atoms with Crippen LogP contribution in [0.5, 0.6) is 5.88 Å². The van der Waals surface area contributed by atoms with Crippen LogP contribution in [-0.4, -0.2) is 40.2 Å². The summed E-state index contributed by atoms with van der Waals surface area (Å²) in [5.74, 6) is -1.62. The van der Waals surface area contributed by atoms with Gasteiger partial charge in [-0.05, 0) is 51.4 Å². The van der Waals surface area contributed by atoms with Crippen LogP contribution in [0.3, 0.4) is 0 Å². The van der Waals surface area contributed by atoms with Crippen LogP contribution in [0.2, 0.25) is 0 Å². The Bertz CT molecular complexity index is 799. The summed E-state index contributed by atoms with van der Waals surface area (Å²) in [5.41, 5.74) is -0.783. The highest BCUT2D eigenvalue weighted by Gasteiger charge is 2.38. The summed E-state index contributed by atoms with van der Waals surface area (Å²) < 4.78 is 9.89. The molecule has 0 spiro atoms. The molecule has 2 saturated carbocycles. The van der Waals surface area contributed by atoms with Gasteiger partial charge >= 0.3 is 17.6 Å². The highest BCUT2D eigenvalue weighted by Crippen LogP contribution is 2.35. The van der Waals surface area contributed by atoms with Gasteiger partial charge < -0.3 is 14.6 Å². The van der Waals surface area contributed by atoms with Crippen molar-refractivity contribution >= 4 is 11.9 Å². The molecule has 0 amide bonds. The molecule has 168 valence electrons. The molecule has 9 heteroatoms. The van der Waals surface area contributed by atoms with E-state index < -0.39 is 29.1 Å². The maximum atomic E-state index is 11.7. The Hall–Kier alpha value is -2.58. The van der Waals surface area contributed by atoms with E-state index in [4.69, 9.17) is 9.47 Å². The maximum absolute atomic E-state index is 11.7. The second-order valence-electron chi connectivity index (χ2n) is 7.68. The first-order chi connectivity index (χ1) is 14.4. The third kappa shape index (κ3) is 6.21. The summed E-state index contributed by atoms with van der Waals surface area (Å²) >= 11 is 0. The standard InChI is InChI=1S/C12H20O4.C9H12N2O3/c1-3-15-11(13)10(12(14)16-4-2)9-7-5-6-8-9;12-7-6(5-3-1-2-4-5)8(13)11-9(14)10-7/h9-10H,3-8H2,1-2H3;5H,1-4H2,(H3,10,11,12,13,14). The van der Waals surface area contributed by atoms with E-state index in [9.17, 15) is 24.3 Å². The van der Waals surface area contributed by atoms with Gasteiger partial charge in [0, 0.05) is 0 Å². The zero-order chi connectivity index (χ0) is 22.1. The molecule has 2 fully saturated rings. The van der Waals surface area contributed by atoms with Gasteiger partial charge in [0.1, 0.15) is 0 Å². The molecule has 9 nitrogen and oxygen atoms in total. The molecule has 3 N–H and O–H groups in total. The van der Waals surface area contributed by atoms with Crippen LogP contribution >= 0.6 is 0 Å². The lowest BCUT2D eigenvalue weighted by atomic mass is 9.91. The van der Waals surface area contributed by atoms with Crippen LogP contribution in [0.4, 0.5) is 0 Å². The topological polar surface area (TPSA) is 139 Å². The fourth-order valence-electron chi connectivity index (χ4n) is 4.31. The van der Waals surface area contributed by atoms with Crippen LogP contribution in [0.25, 0.3) is 0 Å². The van der Waals surface area contributed by atoms with Gasteiger partial charge in [-0.3, -0.25) is 24.4 Å². The van der Waals surface area contributed by atoms with Crippen LogP contribution in [0, 0.1) is 11.8 Å². The molecule has 1 aromatic rings. The summed E-state index contributed by atoms with van der Waals surface area (Å²) in [4.78, 5) is 50.0. The number of nitrogens with one attached hydrogen (secondary N) is 2. The monoisotopic (exact) mass is 424 g/mol. The minimum absolute atomic E-state index is 0.0931. The molecule has 0 atom stereocenters. The molecule has 30 heavy (non-hydrogen) atoms. The van der Waals surface area contributed by atoms with E-state index >= 15 is 0 Å². The average Bonchev–Trinajstić information content (AvgIpc) is 3.36. The summed E-state index contributed by atoms with van der Waals surface area (Å²) in [6.07, 6.45) is 7.96. The molecule has 1 heterocycles. The number of esters is 2. The Morgan fingerprint density at radius 1 is 0.933 bits per heavy atom. The van der Waals surface area contributed by atoms with E-state index in [1.807, 2.05) is 0 Å². The zero-order valence-corrected chi connectivity index (χ0v) is 17.7. The van der Waals surface area contributed by atoms with E-state index in [1.54, 1.807) is 13.8 Å². The van der Waals surface area contributed by atoms with Crippen LogP contribution in [-0.2, 0) is 19.1 Å². The first-order valence-electron chi connectivity index (χ1n) is 10.8. The van der Waals surface area contributed by atoms with Crippen molar-refractivity contribution in [2.45, 2.75) is 71.1 Å². The lowest BCUT2D eigenvalue weighted by Crippen LogP contribution is -2.33. The zero-order valence-electron chi connectivity index (χ0n) is 17.7. The minimum Gasteiger partial charge on any atom is -0.494 e. The fraction of sp³-hybridized carbons (Fsp3) is 0.714. The van der Waals surface area contributed by atoms with Crippen LogP contribution in [0.1, 0.15) is 76.7 Å². The predicted octanol–water partition coefficient (Wildman–Crippen LogP) is 2.35. The van der Waals surface area contributed by atoms with Crippen molar-refractivity contribution in [3.8, 4) is 5.88 Å². The van der Waals surface area contributed by atoms with Gasteiger partial charge in [-0.25, -0.2) is 4.79 Å². The lowest BCUT2D eigenvalue weighted by molar-refractivity contribution is -0.164. The highest BCUT2D eigenvalue weighted by atomic mass is 16.6. The highest BCUT2D eigenvalue weighted by molar-refractivity contribution is 5.95. The molecule has 0 aliphatic heterocycles. The van der Waals surface area contributed by atoms with Gasteiger partial charge in [0.15, 0.2) is 5.92 Å². The van der Waals surface area contributed by atoms with E-state index in [1.165, 1.54) is 0 Å². The predicted molar refractivity (Wildman–Crippen MR) is 109 cm³/mol. The van der Waals surface area contributed by atoms with Crippen molar-refractivity contribution in [2.75, 3.05) is 13.2 Å². The third-order valence-corrected chi connectivity index (χ3v) is 5.67. The Morgan fingerprint density at radius 3 is 1.90 bits per heavy atom. The van der Waals surface area contributed by atoms with Crippen LogP contribution in [0.15, 0.2) is 9.59 Å². The van der Waals surface area contributed by atoms with Gasteiger partial charge in [-0.15, -0.1) is 0 Å². The third-order valence-electron chi connectivity index (χ3n) is 5.67. The smallest absolute Gasteiger partial charge is 0.328 e. The van der Waals surface area contributed by atoms with Crippen molar-refractivity contribution in [1.29, 1.82) is 0 Å². The molecular formula is C21H32N2O7. The maximum Gasteiger partial charge on any atom is 0.328 e. The molecule has 0 radical (unpaired) electrons. The molecule has 3 rings (SSSR count). The minimum atomic E-state index is -0.706. The van der Waals surface area contributed by atoms with Gasteiger partial charge in [-0.1, -0.05) is 25.7 Å². The second-order valence-corrected chi connectivity index (χ2v) is 7.68. The molecule has 2 aliphatic rings. The lowest BCUT2D eigenvalue weighted by Gasteiger charge is -2.19. The Balaban J connectivity index is 0.000000215. The van der Waals surface area contributed by atoms with Crippen LogP contribution < -0.4 is 11.2 Å². The summed E-state index contributed by atoms with van der Waals surface area (Å²) in [6, 6.07) is 0. The summed E-state index contributed by atoms with van der Waals surface area (Å²) in [5, 5.41) is 9.46. The summed E-state index contributed by atoms with van der Waals surface area (Å²) in [6.45, 7) is 4.10. The van der Waals surface area contributed by atoms with E-state index in [2.05, 4.69) is 9.97 Å². The quantitative estimate of drug-likeness (QED) is 0.470. The molecule has 0 unspecified atom stereocenters. The Kier molecular flexibility index (Phi) is 9.14. The number of ether oxygens (including phenoxy) is 2. The Labute approximate surface area is 175 Å².